The first kappa shape index (κ1) is 13.1. The Morgan fingerprint density at radius 1 is 1.20 bits per heavy atom. The summed E-state index contributed by atoms with van der Waals surface area (Å²) in [5, 5.41) is 0. The van der Waals surface area contributed by atoms with Gasteiger partial charge in [-0.1, -0.05) is 18.2 Å². The van der Waals surface area contributed by atoms with E-state index in [9.17, 15) is 4.57 Å². The summed E-state index contributed by atoms with van der Waals surface area (Å²) in [5.41, 5.74) is 0. The van der Waals surface area contributed by atoms with Gasteiger partial charge in [0.1, 0.15) is 13.0 Å². The predicted molar refractivity (Wildman–Crippen MR) is 67.6 cm³/mol. The van der Waals surface area contributed by atoms with E-state index in [1.54, 1.807) is 25.5 Å². The minimum absolute atomic E-state index is 0.668. The van der Waals surface area contributed by atoms with E-state index >= 15 is 0 Å². The molecule has 0 aromatic heterocycles. The Morgan fingerprint density at radius 3 is 2.20 bits per heavy atom. The predicted octanol–water partition coefficient (Wildman–Crippen LogP) is 5.03. The Morgan fingerprint density at radius 2 is 1.73 bits per heavy atom. The van der Waals surface area contributed by atoms with Crippen molar-refractivity contribution in [2.24, 2.45) is 4.52 Å². The van der Waals surface area contributed by atoms with Gasteiger partial charge in [0.2, 0.25) is 0 Å². The van der Waals surface area contributed by atoms with Gasteiger partial charge in [0.25, 0.3) is 0 Å². The average molecular weight is 286 g/mol. The lowest BCUT2D eigenvalue weighted by atomic mass is 10.3. The monoisotopic (exact) mass is 285 g/mol. The first-order valence-electron chi connectivity index (χ1n) is 4.11. The van der Waals surface area contributed by atoms with Crippen LogP contribution in [0.5, 0.6) is 5.75 Å². The molecule has 0 bridgehead atoms. The summed E-state index contributed by atoms with van der Waals surface area (Å²) in [5.74, 6) is -2.76. The van der Waals surface area contributed by atoms with Crippen molar-refractivity contribution >= 4 is 35.8 Å². The maximum absolute atomic E-state index is 11.1. The molecule has 0 aliphatic rings. The van der Waals surface area contributed by atoms with Crippen LogP contribution in [0.15, 0.2) is 34.8 Å². The van der Waals surface area contributed by atoms with E-state index in [0.717, 1.165) is 0 Å². The van der Waals surface area contributed by atoms with Crippen molar-refractivity contribution in [1.29, 1.82) is 0 Å². The second-order valence-electron chi connectivity index (χ2n) is 3.22. The van der Waals surface area contributed by atoms with Gasteiger partial charge < -0.3 is 4.52 Å². The molecule has 0 fully saturated rings. The molecule has 7 heteroatoms. The summed E-state index contributed by atoms with van der Waals surface area (Å²) in [7, 11) is -2.19. The summed E-state index contributed by atoms with van der Waals surface area (Å²) in [6.07, 6.45) is 0. The second kappa shape index (κ2) is 4.93. The quantitative estimate of drug-likeness (QED) is 0.731. The smallest absolute Gasteiger partial charge is 0.365 e. The molecule has 84 valence electrons. The van der Waals surface area contributed by atoms with Crippen LogP contribution < -0.4 is 4.52 Å². The van der Waals surface area contributed by atoms with Gasteiger partial charge in [-0.3, -0.25) is 4.57 Å². The zero-order chi connectivity index (χ0) is 11.5. The molecule has 1 aromatic carbocycles. The Labute approximate surface area is 98.9 Å². The molecule has 1 aromatic rings. The van der Waals surface area contributed by atoms with Crippen LogP contribution >= 0.6 is 35.8 Å². The van der Waals surface area contributed by atoms with E-state index in [-0.39, 0.29) is 0 Å². The molecule has 0 N–H and O–H groups in total. The van der Waals surface area contributed by atoms with Gasteiger partial charge in [-0.15, -0.1) is 0 Å². The SMILES string of the molecule is CP(C)(=NP(=O)(Cl)Cl)Oc1ccccc1. The third-order valence-corrected chi connectivity index (χ3v) is 5.82. The lowest BCUT2D eigenvalue weighted by Gasteiger charge is -2.16. The standard InChI is InChI=1S/C8H11Cl2NO2P2/c1-14(2,11-15(9,10)12)13-8-6-4-3-5-7-8/h3-7H,1-2H3. The lowest BCUT2D eigenvalue weighted by molar-refractivity contribution is 0.591. The Bertz CT molecular complexity index is 424. The number of para-hydroxylation sites is 1. The number of rotatable bonds is 3. The molecule has 0 radical (unpaired) electrons. The third kappa shape index (κ3) is 5.63. The highest BCUT2D eigenvalue weighted by molar-refractivity contribution is 8.09. The van der Waals surface area contributed by atoms with E-state index in [2.05, 4.69) is 4.52 Å². The molecule has 1 rings (SSSR count). The van der Waals surface area contributed by atoms with Gasteiger partial charge in [0, 0.05) is 13.3 Å². The van der Waals surface area contributed by atoms with Crippen LogP contribution in [0, 0.1) is 0 Å². The Balaban J connectivity index is 2.91. The molecule has 0 atom stereocenters. The molecule has 3 nitrogen and oxygen atoms in total. The fraction of sp³-hybridized carbons (Fsp3) is 0.250. The first-order valence-corrected chi connectivity index (χ1v) is 10.1. The minimum Gasteiger partial charge on any atom is -0.460 e. The second-order valence-corrected chi connectivity index (χ2v) is 10.8. The molecular formula is C8H11Cl2NO2P2. The van der Waals surface area contributed by atoms with Gasteiger partial charge in [-0.2, -0.15) is 4.52 Å². The molecule has 0 spiro atoms. The summed E-state index contributed by atoms with van der Waals surface area (Å²) < 4.78 is 20.5. The number of hydrogen-bond acceptors (Lipinski definition) is 2. The van der Waals surface area contributed by atoms with Crippen molar-refractivity contribution < 1.29 is 9.09 Å². The maximum Gasteiger partial charge on any atom is 0.365 e. The number of hydrogen-bond donors (Lipinski definition) is 0. The highest BCUT2D eigenvalue weighted by Gasteiger charge is 2.18. The number of benzene rings is 1. The van der Waals surface area contributed by atoms with Crippen LogP contribution in [0.4, 0.5) is 0 Å². The maximum atomic E-state index is 11.1. The molecule has 0 heterocycles. The molecule has 0 saturated heterocycles. The highest BCUT2D eigenvalue weighted by Crippen LogP contribution is 2.65. The van der Waals surface area contributed by atoms with Gasteiger partial charge in [0.05, 0.1) is 0 Å². The third-order valence-electron chi connectivity index (χ3n) is 1.39. The van der Waals surface area contributed by atoms with Gasteiger partial charge >= 0.3 is 6.00 Å². The van der Waals surface area contributed by atoms with E-state index < -0.39 is 13.3 Å². The molecule has 15 heavy (non-hydrogen) atoms. The van der Waals surface area contributed by atoms with Gasteiger partial charge in [0.15, 0.2) is 0 Å². The van der Waals surface area contributed by atoms with Crippen molar-refractivity contribution in [3.05, 3.63) is 30.3 Å². The van der Waals surface area contributed by atoms with Crippen LogP contribution in [0.3, 0.4) is 0 Å². The van der Waals surface area contributed by atoms with E-state index in [1.807, 2.05) is 18.2 Å². The van der Waals surface area contributed by atoms with Gasteiger partial charge in [-0.25, -0.2) is 0 Å². The van der Waals surface area contributed by atoms with Crippen molar-refractivity contribution in [3.63, 3.8) is 0 Å². The van der Waals surface area contributed by atoms with E-state index in [1.165, 1.54) is 0 Å². The summed E-state index contributed by atoms with van der Waals surface area (Å²) in [4.78, 5) is 0. The van der Waals surface area contributed by atoms with Crippen LogP contribution in [0.2, 0.25) is 0 Å². The average Bonchev–Trinajstić information content (AvgIpc) is 1.99. The summed E-state index contributed by atoms with van der Waals surface area (Å²) in [6.45, 7) is 3.49. The van der Waals surface area contributed by atoms with Crippen LogP contribution in [-0.4, -0.2) is 13.3 Å². The summed E-state index contributed by atoms with van der Waals surface area (Å²) >= 11 is 10.8. The number of nitrogens with zero attached hydrogens (tertiary/aromatic N) is 1. The molecule has 0 aliphatic heterocycles. The molecule has 0 saturated carbocycles. The van der Waals surface area contributed by atoms with Crippen molar-refractivity contribution in [2.75, 3.05) is 13.3 Å². The first-order chi connectivity index (χ1) is 6.79. The fourth-order valence-corrected chi connectivity index (χ4v) is 6.73. The minimum atomic E-state index is -3.43. The molecule has 0 unspecified atom stereocenters. The fourth-order valence-electron chi connectivity index (χ4n) is 1.01. The Kier molecular flexibility index (Phi) is 4.31. The Hall–Kier alpha value is 0.0600. The summed E-state index contributed by atoms with van der Waals surface area (Å²) in [6, 6.07) is 9.16. The normalized spacial score (nSPS) is 12.3. The topological polar surface area (TPSA) is 38.7 Å². The zero-order valence-corrected chi connectivity index (χ0v) is 11.6. The van der Waals surface area contributed by atoms with E-state index in [0.29, 0.717) is 5.75 Å². The molecule has 0 aliphatic carbocycles. The van der Waals surface area contributed by atoms with Crippen molar-refractivity contribution in [2.45, 2.75) is 0 Å². The van der Waals surface area contributed by atoms with Crippen molar-refractivity contribution in [1.82, 2.24) is 0 Å². The number of halogens is 2. The zero-order valence-electron chi connectivity index (χ0n) is 8.30. The van der Waals surface area contributed by atoms with Crippen LogP contribution in [0.25, 0.3) is 0 Å². The lowest BCUT2D eigenvalue weighted by Crippen LogP contribution is -1.88. The molecular weight excluding hydrogens is 275 g/mol. The van der Waals surface area contributed by atoms with E-state index in [4.69, 9.17) is 27.0 Å². The van der Waals surface area contributed by atoms with Gasteiger partial charge in [-0.05, 0) is 34.6 Å². The highest BCUT2D eigenvalue weighted by atomic mass is 35.9. The largest absolute Gasteiger partial charge is 0.460 e. The van der Waals surface area contributed by atoms with Crippen LogP contribution in [0.1, 0.15) is 0 Å². The van der Waals surface area contributed by atoms with Crippen LogP contribution in [-0.2, 0) is 4.57 Å². The molecule has 0 amide bonds. The van der Waals surface area contributed by atoms with Crippen molar-refractivity contribution in [3.8, 4) is 5.75 Å².